The van der Waals surface area contributed by atoms with Crippen molar-refractivity contribution in [2.75, 3.05) is 37.7 Å². The van der Waals surface area contributed by atoms with E-state index in [0.717, 1.165) is 39.0 Å². The van der Waals surface area contributed by atoms with Crippen molar-refractivity contribution in [3.05, 3.63) is 0 Å². The fourth-order valence-corrected chi connectivity index (χ4v) is 3.68. The lowest BCUT2D eigenvalue weighted by Crippen LogP contribution is -2.31. The second-order valence-corrected chi connectivity index (χ2v) is 6.45. The third-order valence-electron chi connectivity index (χ3n) is 2.67. The van der Waals surface area contributed by atoms with Gasteiger partial charge in [0.15, 0.2) is 9.84 Å². The third-order valence-corrected chi connectivity index (χ3v) is 4.50. The lowest BCUT2D eigenvalue weighted by Gasteiger charge is -2.09. The molecule has 0 amide bonds. The lowest BCUT2D eigenvalue weighted by molar-refractivity contribution is 0.511. The summed E-state index contributed by atoms with van der Waals surface area (Å²) < 4.78 is 22.3. The maximum atomic E-state index is 11.2. The van der Waals surface area contributed by atoms with Gasteiger partial charge in [0.05, 0.1) is 11.5 Å². The SMILES string of the molecule is CCCNCCNCC1CCS(=O)(=O)C1. The molecule has 0 aromatic rings. The van der Waals surface area contributed by atoms with Crippen LogP contribution in [0.3, 0.4) is 0 Å². The zero-order valence-electron chi connectivity index (χ0n) is 9.46. The standard InChI is InChI=1S/C10H22N2O2S/c1-2-4-11-5-6-12-8-10-3-7-15(13,14)9-10/h10-12H,2-9H2,1H3. The van der Waals surface area contributed by atoms with E-state index in [4.69, 9.17) is 0 Å². The molecular formula is C10H22N2O2S. The van der Waals surface area contributed by atoms with Crippen molar-refractivity contribution in [3.63, 3.8) is 0 Å². The van der Waals surface area contributed by atoms with Crippen LogP contribution in [0.4, 0.5) is 0 Å². The number of hydrogen-bond donors (Lipinski definition) is 2. The fraction of sp³-hybridized carbons (Fsp3) is 1.00. The van der Waals surface area contributed by atoms with E-state index >= 15 is 0 Å². The van der Waals surface area contributed by atoms with Gasteiger partial charge < -0.3 is 10.6 Å². The van der Waals surface area contributed by atoms with Crippen LogP contribution in [0, 0.1) is 5.92 Å². The molecule has 0 aromatic carbocycles. The highest BCUT2D eigenvalue weighted by Crippen LogP contribution is 2.16. The Hall–Kier alpha value is -0.130. The minimum atomic E-state index is -2.70. The second kappa shape index (κ2) is 6.45. The summed E-state index contributed by atoms with van der Waals surface area (Å²) in [5, 5.41) is 6.59. The average Bonchev–Trinajstić information content (AvgIpc) is 2.52. The molecule has 0 saturated carbocycles. The average molecular weight is 234 g/mol. The zero-order chi connectivity index (χ0) is 11.1. The molecule has 1 aliphatic heterocycles. The molecule has 1 atom stereocenters. The van der Waals surface area contributed by atoms with Crippen LogP contribution < -0.4 is 10.6 Å². The summed E-state index contributed by atoms with van der Waals surface area (Å²) in [6.07, 6.45) is 1.98. The van der Waals surface area contributed by atoms with E-state index in [0.29, 0.717) is 17.4 Å². The first-order chi connectivity index (χ1) is 7.14. The van der Waals surface area contributed by atoms with Crippen molar-refractivity contribution >= 4 is 9.84 Å². The highest BCUT2D eigenvalue weighted by Gasteiger charge is 2.27. The maximum Gasteiger partial charge on any atom is 0.150 e. The largest absolute Gasteiger partial charge is 0.315 e. The van der Waals surface area contributed by atoms with Crippen molar-refractivity contribution in [2.45, 2.75) is 19.8 Å². The molecule has 0 bridgehead atoms. The van der Waals surface area contributed by atoms with Gasteiger partial charge in [-0.2, -0.15) is 0 Å². The minimum absolute atomic E-state index is 0.334. The van der Waals surface area contributed by atoms with Gasteiger partial charge >= 0.3 is 0 Å². The summed E-state index contributed by atoms with van der Waals surface area (Å²) in [7, 11) is -2.70. The molecule has 90 valence electrons. The molecule has 1 aliphatic rings. The molecule has 0 spiro atoms. The topological polar surface area (TPSA) is 58.2 Å². The number of sulfone groups is 1. The first kappa shape index (κ1) is 12.9. The number of hydrogen-bond acceptors (Lipinski definition) is 4. The van der Waals surface area contributed by atoms with Crippen LogP contribution in [0.2, 0.25) is 0 Å². The second-order valence-electron chi connectivity index (χ2n) is 4.22. The van der Waals surface area contributed by atoms with Gasteiger partial charge in [-0.05, 0) is 31.8 Å². The number of nitrogens with one attached hydrogen (secondary N) is 2. The first-order valence-corrected chi connectivity index (χ1v) is 7.58. The summed E-state index contributed by atoms with van der Waals surface area (Å²) >= 11 is 0. The van der Waals surface area contributed by atoms with Crippen LogP contribution in [-0.4, -0.2) is 46.1 Å². The molecule has 1 fully saturated rings. The maximum absolute atomic E-state index is 11.2. The highest BCUT2D eigenvalue weighted by molar-refractivity contribution is 7.91. The molecule has 1 rings (SSSR count). The van der Waals surface area contributed by atoms with Gasteiger partial charge in [0.2, 0.25) is 0 Å². The highest BCUT2D eigenvalue weighted by atomic mass is 32.2. The first-order valence-electron chi connectivity index (χ1n) is 5.76. The van der Waals surface area contributed by atoms with Crippen molar-refractivity contribution in [2.24, 2.45) is 5.92 Å². The van der Waals surface area contributed by atoms with Crippen molar-refractivity contribution in [3.8, 4) is 0 Å². The third kappa shape index (κ3) is 5.49. The Balaban J connectivity index is 1.97. The van der Waals surface area contributed by atoms with Gasteiger partial charge in [0.1, 0.15) is 0 Å². The van der Waals surface area contributed by atoms with E-state index in [-0.39, 0.29) is 0 Å². The Labute approximate surface area is 92.7 Å². The Bertz CT molecular complexity index is 265. The fourth-order valence-electron chi connectivity index (χ4n) is 1.82. The van der Waals surface area contributed by atoms with Gasteiger partial charge in [0.25, 0.3) is 0 Å². The molecule has 1 unspecified atom stereocenters. The zero-order valence-corrected chi connectivity index (χ0v) is 10.3. The van der Waals surface area contributed by atoms with Crippen LogP contribution in [0.1, 0.15) is 19.8 Å². The molecule has 0 aromatic heterocycles. The van der Waals surface area contributed by atoms with Gasteiger partial charge in [-0.3, -0.25) is 0 Å². The van der Waals surface area contributed by atoms with Crippen LogP contribution >= 0.6 is 0 Å². The lowest BCUT2D eigenvalue weighted by atomic mass is 10.1. The summed E-state index contributed by atoms with van der Waals surface area (Å²) in [5.74, 6) is 1.09. The quantitative estimate of drug-likeness (QED) is 0.609. The van der Waals surface area contributed by atoms with E-state index in [9.17, 15) is 8.42 Å². The van der Waals surface area contributed by atoms with Crippen LogP contribution in [-0.2, 0) is 9.84 Å². The van der Waals surface area contributed by atoms with Gasteiger partial charge in [0, 0.05) is 13.1 Å². The van der Waals surface area contributed by atoms with E-state index in [1.807, 2.05) is 0 Å². The molecule has 1 saturated heterocycles. The Morgan fingerprint density at radius 3 is 2.53 bits per heavy atom. The van der Waals surface area contributed by atoms with Gasteiger partial charge in [-0.25, -0.2) is 8.42 Å². The van der Waals surface area contributed by atoms with Crippen molar-refractivity contribution in [1.29, 1.82) is 0 Å². The summed E-state index contributed by atoms with van der Waals surface area (Å²) in [6.45, 7) is 5.93. The monoisotopic (exact) mass is 234 g/mol. The summed E-state index contributed by atoms with van der Waals surface area (Å²) in [4.78, 5) is 0. The van der Waals surface area contributed by atoms with Crippen molar-refractivity contribution in [1.82, 2.24) is 10.6 Å². The van der Waals surface area contributed by atoms with E-state index in [1.54, 1.807) is 0 Å². The molecule has 5 heteroatoms. The Morgan fingerprint density at radius 2 is 1.93 bits per heavy atom. The smallest absolute Gasteiger partial charge is 0.150 e. The Morgan fingerprint density at radius 1 is 1.20 bits per heavy atom. The van der Waals surface area contributed by atoms with Gasteiger partial charge in [-0.15, -0.1) is 0 Å². The summed E-state index contributed by atoms with van der Waals surface area (Å²) in [6, 6.07) is 0. The van der Waals surface area contributed by atoms with E-state index in [1.165, 1.54) is 0 Å². The van der Waals surface area contributed by atoms with Crippen LogP contribution in [0.25, 0.3) is 0 Å². The number of rotatable bonds is 7. The normalized spacial score (nSPS) is 24.5. The van der Waals surface area contributed by atoms with Crippen molar-refractivity contribution < 1.29 is 8.42 Å². The van der Waals surface area contributed by atoms with Crippen LogP contribution in [0.15, 0.2) is 0 Å². The van der Waals surface area contributed by atoms with Gasteiger partial charge in [-0.1, -0.05) is 6.92 Å². The molecule has 4 nitrogen and oxygen atoms in total. The van der Waals surface area contributed by atoms with E-state index < -0.39 is 9.84 Å². The predicted molar refractivity (Wildman–Crippen MR) is 62.8 cm³/mol. The Kier molecular flexibility index (Phi) is 5.56. The molecule has 1 heterocycles. The van der Waals surface area contributed by atoms with E-state index in [2.05, 4.69) is 17.6 Å². The molecule has 0 aliphatic carbocycles. The molecule has 0 radical (unpaired) electrons. The molecule has 15 heavy (non-hydrogen) atoms. The molecule has 2 N–H and O–H groups in total. The minimum Gasteiger partial charge on any atom is -0.315 e. The summed E-state index contributed by atoms with van der Waals surface area (Å²) in [5.41, 5.74) is 0. The van der Waals surface area contributed by atoms with Crippen LogP contribution in [0.5, 0.6) is 0 Å². The molecular weight excluding hydrogens is 212 g/mol. The predicted octanol–water partition coefficient (Wildman–Crippen LogP) is 0.0103.